The lowest BCUT2D eigenvalue weighted by Crippen LogP contribution is -2.37. The van der Waals surface area contributed by atoms with Gasteiger partial charge in [-0.25, -0.2) is 4.57 Å². The van der Waals surface area contributed by atoms with Gasteiger partial charge in [-0.15, -0.1) is 0 Å². The number of esters is 2. The van der Waals surface area contributed by atoms with Crippen molar-refractivity contribution in [3.63, 3.8) is 0 Å². The highest BCUT2D eigenvalue weighted by Crippen LogP contribution is 2.43. The molecular weight excluding hydrogens is 762 g/mol. The quantitative estimate of drug-likeness (QED) is 0.0163. The van der Waals surface area contributed by atoms with Crippen LogP contribution in [0, 0.1) is 0 Å². The Morgan fingerprint density at radius 3 is 1.56 bits per heavy atom. The number of quaternary nitrogens is 1. The summed E-state index contributed by atoms with van der Waals surface area (Å²) < 4.78 is 34.2. The van der Waals surface area contributed by atoms with E-state index < -0.39 is 32.5 Å². The SMILES string of the molecule is CC/C=C/C=C/C=C/CCCCCCCC(=O)OC(COC(=O)CCCCC/C=C/C/C=C/C/C=C/C/C=C/C/C=C/C/C=C/CC)COP(=O)(O)OCC[N+](C)(C)C. The highest BCUT2D eigenvalue weighted by Gasteiger charge is 2.27. The van der Waals surface area contributed by atoms with Gasteiger partial charge in [0.05, 0.1) is 27.7 Å². The first-order valence-corrected chi connectivity index (χ1v) is 23.6. The molecule has 0 aliphatic heterocycles. The lowest BCUT2D eigenvalue weighted by molar-refractivity contribution is -0.870. The number of phosphoric ester groups is 1. The number of hydrogen-bond donors (Lipinski definition) is 1. The van der Waals surface area contributed by atoms with E-state index in [1.165, 1.54) is 0 Å². The summed E-state index contributed by atoms with van der Waals surface area (Å²) in [5.74, 6) is -0.875. The van der Waals surface area contributed by atoms with Crippen LogP contribution in [0.15, 0.2) is 109 Å². The van der Waals surface area contributed by atoms with Crippen LogP contribution in [0.25, 0.3) is 0 Å². The second-order valence-electron chi connectivity index (χ2n) is 15.4. The van der Waals surface area contributed by atoms with Crippen molar-refractivity contribution in [2.24, 2.45) is 0 Å². The van der Waals surface area contributed by atoms with Gasteiger partial charge in [-0.1, -0.05) is 149 Å². The topological polar surface area (TPSA) is 108 Å². The highest BCUT2D eigenvalue weighted by molar-refractivity contribution is 7.47. The number of allylic oxidation sites excluding steroid dienone is 18. The van der Waals surface area contributed by atoms with Crippen LogP contribution in [0.4, 0.5) is 0 Å². The smallest absolute Gasteiger partial charge is 0.462 e. The summed E-state index contributed by atoms with van der Waals surface area (Å²) in [5, 5.41) is 0. The van der Waals surface area contributed by atoms with Crippen molar-refractivity contribution in [3.8, 4) is 0 Å². The molecule has 0 spiro atoms. The molecule has 0 saturated heterocycles. The van der Waals surface area contributed by atoms with Gasteiger partial charge in [0.2, 0.25) is 0 Å². The molecule has 2 atom stereocenters. The van der Waals surface area contributed by atoms with Gasteiger partial charge >= 0.3 is 19.8 Å². The van der Waals surface area contributed by atoms with Crippen LogP contribution in [0.1, 0.15) is 136 Å². The number of rotatable bonds is 38. The zero-order valence-corrected chi connectivity index (χ0v) is 38.3. The van der Waals surface area contributed by atoms with Crippen LogP contribution < -0.4 is 0 Å². The zero-order chi connectivity index (χ0) is 43.6. The van der Waals surface area contributed by atoms with Gasteiger partial charge in [-0.2, -0.15) is 0 Å². The summed E-state index contributed by atoms with van der Waals surface area (Å²) in [6.45, 7) is 4.07. The highest BCUT2D eigenvalue weighted by atomic mass is 31.2. The number of likely N-dealkylation sites (N-methyl/N-ethyl adjacent to an activating group) is 1. The number of nitrogens with zero attached hydrogens (tertiary/aromatic N) is 1. The van der Waals surface area contributed by atoms with Gasteiger partial charge in [0.25, 0.3) is 0 Å². The molecule has 9 nitrogen and oxygen atoms in total. The van der Waals surface area contributed by atoms with Crippen LogP contribution in [0.2, 0.25) is 0 Å². The predicted octanol–water partition coefficient (Wildman–Crippen LogP) is 12.7. The molecular formula is C49H81NO8P+. The molecule has 0 heterocycles. The average Bonchev–Trinajstić information content (AvgIpc) is 3.19. The van der Waals surface area contributed by atoms with Crippen molar-refractivity contribution in [3.05, 3.63) is 109 Å². The fourth-order valence-corrected chi connectivity index (χ4v) is 5.93. The number of unbranched alkanes of at least 4 members (excludes halogenated alkanes) is 8. The number of hydrogen-bond acceptors (Lipinski definition) is 7. The van der Waals surface area contributed by atoms with Crippen molar-refractivity contribution >= 4 is 19.8 Å². The van der Waals surface area contributed by atoms with Crippen molar-refractivity contribution in [1.82, 2.24) is 0 Å². The molecule has 334 valence electrons. The molecule has 2 unspecified atom stereocenters. The van der Waals surface area contributed by atoms with Gasteiger partial charge in [0, 0.05) is 12.8 Å². The third kappa shape index (κ3) is 44.1. The molecule has 10 heteroatoms. The van der Waals surface area contributed by atoms with E-state index in [2.05, 4.69) is 105 Å². The summed E-state index contributed by atoms with van der Waals surface area (Å²) in [6.07, 6.45) is 54.3. The van der Waals surface area contributed by atoms with Gasteiger partial charge in [0.15, 0.2) is 6.10 Å². The molecule has 0 aliphatic carbocycles. The summed E-state index contributed by atoms with van der Waals surface area (Å²) in [6, 6.07) is 0. The predicted molar refractivity (Wildman–Crippen MR) is 247 cm³/mol. The molecule has 0 bridgehead atoms. The third-order valence-electron chi connectivity index (χ3n) is 8.61. The fraction of sp³-hybridized carbons (Fsp3) is 0.592. The molecule has 0 radical (unpaired) electrons. The maximum Gasteiger partial charge on any atom is 0.472 e. The van der Waals surface area contributed by atoms with E-state index >= 15 is 0 Å². The lowest BCUT2D eigenvalue weighted by Gasteiger charge is -2.24. The van der Waals surface area contributed by atoms with E-state index in [1.54, 1.807) is 0 Å². The molecule has 0 saturated carbocycles. The monoisotopic (exact) mass is 843 g/mol. The number of carbonyl (C=O) groups is 2. The Morgan fingerprint density at radius 2 is 1.00 bits per heavy atom. The molecule has 1 N–H and O–H groups in total. The Morgan fingerprint density at radius 1 is 0.542 bits per heavy atom. The van der Waals surface area contributed by atoms with Crippen molar-refractivity contribution in [1.29, 1.82) is 0 Å². The zero-order valence-electron chi connectivity index (χ0n) is 37.4. The summed E-state index contributed by atoms with van der Waals surface area (Å²) in [4.78, 5) is 35.4. The molecule has 0 rings (SSSR count). The van der Waals surface area contributed by atoms with E-state index in [4.69, 9.17) is 18.5 Å². The van der Waals surface area contributed by atoms with Crippen LogP contribution in [0.5, 0.6) is 0 Å². The van der Waals surface area contributed by atoms with E-state index in [1.807, 2.05) is 39.4 Å². The van der Waals surface area contributed by atoms with E-state index in [0.29, 0.717) is 23.9 Å². The molecule has 0 amide bonds. The Hall–Kier alpha value is -3.33. The Balaban J connectivity index is 4.44. The maximum absolute atomic E-state index is 12.7. The van der Waals surface area contributed by atoms with E-state index in [0.717, 1.165) is 96.3 Å². The summed E-state index contributed by atoms with van der Waals surface area (Å²) in [7, 11) is 1.42. The standard InChI is InChI=1S/C49H80NO8P/c1-6-8-10-12-14-16-18-20-21-22-23-24-25-26-27-28-30-31-33-35-37-39-41-48(51)55-45-47(46-57-59(53,54)56-44-43-50(3,4)5)58-49(52)42-40-38-36-34-32-29-19-17-15-13-11-9-7-2/h8-11,13-17,19-21,23-24,26-27,30-31,47H,6-7,12,18,22,25,28-29,32-46H2,1-5H3/p+1/b10-8+,11-9+,15-13+,16-14+,19-17+,21-20+,24-23+,27-26+,31-30+. The van der Waals surface area contributed by atoms with Gasteiger partial charge in [-0.05, 0) is 83.5 Å². The minimum atomic E-state index is -4.40. The van der Waals surface area contributed by atoms with Crippen molar-refractivity contribution < 1.29 is 42.1 Å². The van der Waals surface area contributed by atoms with Gasteiger partial charge in [-0.3, -0.25) is 18.6 Å². The normalized spacial score (nSPS) is 14.6. The van der Waals surface area contributed by atoms with Crippen LogP contribution in [-0.4, -0.2) is 74.9 Å². The molecule has 0 aromatic rings. The third-order valence-corrected chi connectivity index (χ3v) is 9.59. The van der Waals surface area contributed by atoms with Crippen molar-refractivity contribution in [2.75, 3.05) is 47.5 Å². The van der Waals surface area contributed by atoms with Gasteiger partial charge < -0.3 is 18.9 Å². The summed E-state index contributed by atoms with van der Waals surface area (Å²) in [5.41, 5.74) is 0. The first-order valence-electron chi connectivity index (χ1n) is 22.1. The maximum atomic E-state index is 12.7. The van der Waals surface area contributed by atoms with E-state index in [-0.39, 0.29) is 26.1 Å². The van der Waals surface area contributed by atoms with Crippen LogP contribution >= 0.6 is 7.82 Å². The Bertz CT molecular complexity index is 1370. The molecule has 59 heavy (non-hydrogen) atoms. The molecule has 0 aliphatic rings. The second kappa shape index (κ2) is 40.1. The number of phosphoric acid groups is 1. The largest absolute Gasteiger partial charge is 0.472 e. The average molecular weight is 843 g/mol. The summed E-state index contributed by atoms with van der Waals surface area (Å²) >= 11 is 0. The first kappa shape index (κ1) is 55.7. The second-order valence-corrected chi connectivity index (χ2v) is 16.8. The molecule has 0 fully saturated rings. The fourth-order valence-electron chi connectivity index (χ4n) is 5.19. The van der Waals surface area contributed by atoms with Crippen LogP contribution in [-0.2, 0) is 32.7 Å². The lowest BCUT2D eigenvalue weighted by atomic mass is 10.1. The minimum Gasteiger partial charge on any atom is -0.462 e. The Kier molecular flexibility index (Phi) is 37.8. The molecule has 0 aromatic carbocycles. The number of carbonyl (C=O) groups excluding carboxylic acids is 2. The van der Waals surface area contributed by atoms with Gasteiger partial charge in [0.1, 0.15) is 19.8 Å². The number of ether oxygens (including phenoxy) is 2. The minimum absolute atomic E-state index is 0.0147. The van der Waals surface area contributed by atoms with Crippen molar-refractivity contribution in [2.45, 2.75) is 142 Å². The first-order chi connectivity index (χ1) is 28.5. The van der Waals surface area contributed by atoms with E-state index in [9.17, 15) is 19.0 Å². The Labute approximate surface area is 359 Å². The van der Waals surface area contributed by atoms with Crippen LogP contribution in [0.3, 0.4) is 0 Å². The molecule has 0 aromatic heterocycles.